The summed E-state index contributed by atoms with van der Waals surface area (Å²) in [5.74, 6) is 1.12. The SMILES string of the molecule is C#CC(=O)N1CCC(Nc2ncc(C(=O)Nc3cc(NC(=O)c4cccc(C(F)(F)F)c4)ccc3C)c(NC)n2)CC1.CC. The fourth-order valence-corrected chi connectivity index (χ4v) is 4.37. The number of halogens is 3. The summed E-state index contributed by atoms with van der Waals surface area (Å²) >= 11 is 0. The molecule has 2 heterocycles. The molecule has 4 rings (SSSR count). The molecule has 1 saturated heterocycles. The Labute approximate surface area is 253 Å². The summed E-state index contributed by atoms with van der Waals surface area (Å²) in [6.07, 6.45) is 3.31. The minimum atomic E-state index is -4.58. The molecule has 0 spiro atoms. The Morgan fingerprint density at radius 3 is 2.36 bits per heavy atom. The van der Waals surface area contributed by atoms with Crippen LogP contribution in [0.1, 0.15) is 58.5 Å². The Hall–Kier alpha value is -5.12. The van der Waals surface area contributed by atoms with Gasteiger partial charge in [-0.2, -0.15) is 18.2 Å². The Bertz CT molecular complexity index is 1550. The van der Waals surface area contributed by atoms with E-state index in [1.54, 1.807) is 31.0 Å². The number of amides is 3. The first-order valence-corrected chi connectivity index (χ1v) is 14.0. The molecule has 10 nitrogen and oxygen atoms in total. The first kappa shape index (κ1) is 33.4. The van der Waals surface area contributed by atoms with Gasteiger partial charge in [-0.15, -0.1) is 6.42 Å². The highest BCUT2D eigenvalue weighted by atomic mass is 19.4. The van der Waals surface area contributed by atoms with Crippen LogP contribution in [0.15, 0.2) is 48.7 Å². The van der Waals surface area contributed by atoms with Gasteiger partial charge in [0.1, 0.15) is 11.4 Å². The zero-order chi connectivity index (χ0) is 32.4. The van der Waals surface area contributed by atoms with Gasteiger partial charge < -0.3 is 26.2 Å². The van der Waals surface area contributed by atoms with Gasteiger partial charge in [-0.1, -0.05) is 26.0 Å². The summed E-state index contributed by atoms with van der Waals surface area (Å²) in [7, 11) is 1.61. The third-order valence-corrected chi connectivity index (χ3v) is 6.70. The van der Waals surface area contributed by atoms with Crippen molar-refractivity contribution in [1.29, 1.82) is 0 Å². The fraction of sp³-hybridized carbons (Fsp3) is 0.323. The molecule has 13 heteroatoms. The van der Waals surface area contributed by atoms with Crippen LogP contribution in [-0.4, -0.2) is 58.8 Å². The van der Waals surface area contributed by atoms with E-state index in [2.05, 4.69) is 37.2 Å². The van der Waals surface area contributed by atoms with Crippen LogP contribution in [0.2, 0.25) is 0 Å². The topological polar surface area (TPSA) is 128 Å². The van der Waals surface area contributed by atoms with Crippen molar-refractivity contribution in [2.75, 3.05) is 41.4 Å². The number of hydrogen-bond donors (Lipinski definition) is 4. The number of anilines is 4. The predicted octanol–water partition coefficient (Wildman–Crippen LogP) is 5.41. The molecule has 232 valence electrons. The molecule has 0 radical (unpaired) electrons. The first-order valence-electron chi connectivity index (χ1n) is 14.0. The zero-order valence-electron chi connectivity index (χ0n) is 24.8. The van der Waals surface area contributed by atoms with Crippen LogP contribution in [0.25, 0.3) is 0 Å². The lowest BCUT2D eigenvalue weighted by molar-refractivity contribution is -0.137. The van der Waals surface area contributed by atoms with Crippen LogP contribution in [-0.2, 0) is 11.0 Å². The molecular weight excluding hydrogens is 575 g/mol. The number of aromatic nitrogens is 2. The molecule has 3 amide bonds. The van der Waals surface area contributed by atoms with Crippen molar-refractivity contribution in [3.8, 4) is 12.3 Å². The summed E-state index contributed by atoms with van der Waals surface area (Å²) in [5, 5.41) is 11.5. The van der Waals surface area contributed by atoms with E-state index in [1.165, 1.54) is 18.3 Å². The Morgan fingerprint density at radius 1 is 1.02 bits per heavy atom. The van der Waals surface area contributed by atoms with Gasteiger partial charge in [0, 0.05) is 49.3 Å². The minimum absolute atomic E-state index is 0.0211. The number of benzene rings is 2. The maximum atomic E-state index is 13.2. The molecule has 44 heavy (non-hydrogen) atoms. The predicted molar refractivity (Wildman–Crippen MR) is 164 cm³/mol. The standard InChI is InChI=1S/C29H28F3N7O3.C2H6/c1-4-24(40)39-12-10-20(11-13-39)36-28-34-16-22(25(33-3)38-28)27(42)37-23-15-21(9-8-17(23)2)35-26(41)18-6-5-7-19(14-18)29(30,31)32;1-2/h1,5-9,14-16,20H,10-13H2,2-3H3,(H,35,41)(H,37,42)(H2,33,34,36,38);1-2H3. The third kappa shape index (κ3) is 8.47. The maximum Gasteiger partial charge on any atom is 0.416 e. The normalized spacial score (nSPS) is 13.1. The molecule has 0 unspecified atom stereocenters. The number of carbonyl (C=O) groups is 3. The average molecular weight is 610 g/mol. The Morgan fingerprint density at radius 2 is 1.73 bits per heavy atom. The molecule has 1 aromatic heterocycles. The lowest BCUT2D eigenvalue weighted by Gasteiger charge is -2.31. The molecule has 4 N–H and O–H groups in total. The van der Waals surface area contributed by atoms with E-state index in [9.17, 15) is 27.6 Å². The van der Waals surface area contributed by atoms with Crippen molar-refractivity contribution < 1.29 is 27.6 Å². The van der Waals surface area contributed by atoms with Crippen molar-refractivity contribution in [2.45, 2.75) is 45.8 Å². The van der Waals surface area contributed by atoms with Crippen molar-refractivity contribution in [3.63, 3.8) is 0 Å². The summed E-state index contributed by atoms with van der Waals surface area (Å²) in [4.78, 5) is 47.8. The fourth-order valence-electron chi connectivity index (χ4n) is 4.37. The molecule has 1 fully saturated rings. The molecule has 0 atom stereocenters. The van der Waals surface area contributed by atoms with E-state index >= 15 is 0 Å². The molecular formula is C31H34F3N7O3. The number of terminal acetylenes is 1. The average Bonchev–Trinajstić information content (AvgIpc) is 3.03. The second-order valence-corrected chi connectivity index (χ2v) is 9.58. The second-order valence-electron chi connectivity index (χ2n) is 9.58. The van der Waals surface area contributed by atoms with Crippen LogP contribution in [0, 0.1) is 19.3 Å². The summed E-state index contributed by atoms with van der Waals surface area (Å²) in [5.41, 5.74) is 0.401. The number of piperidine rings is 1. The van der Waals surface area contributed by atoms with Crippen LogP contribution in [0.4, 0.5) is 36.3 Å². The summed E-state index contributed by atoms with van der Waals surface area (Å²) in [6.45, 7) is 6.77. The largest absolute Gasteiger partial charge is 0.416 e. The van der Waals surface area contributed by atoms with Crippen LogP contribution < -0.4 is 21.3 Å². The van der Waals surface area contributed by atoms with Gasteiger partial charge in [-0.25, -0.2) is 4.98 Å². The van der Waals surface area contributed by atoms with Crippen molar-refractivity contribution in [3.05, 3.63) is 70.9 Å². The van der Waals surface area contributed by atoms with E-state index in [-0.39, 0.29) is 34.6 Å². The van der Waals surface area contributed by atoms with Gasteiger partial charge in [-0.05, 0) is 61.6 Å². The van der Waals surface area contributed by atoms with E-state index in [4.69, 9.17) is 6.42 Å². The molecule has 0 aliphatic carbocycles. The number of alkyl halides is 3. The maximum absolute atomic E-state index is 13.2. The second kappa shape index (κ2) is 14.9. The number of nitrogens with zero attached hydrogens (tertiary/aromatic N) is 3. The van der Waals surface area contributed by atoms with Gasteiger partial charge in [0.25, 0.3) is 17.7 Å². The highest BCUT2D eigenvalue weighted by molar-refractivity contribution is 6.08. The van der Waals surface area contributed by atoms with Gasteiger partial charge >= 0.3 is 6.18 Å². The highest BCUT2D eigenvalue weighted by Crippen LogP contribution is 2.30. The first-order chi connectivity index (χ1) is 21.0. The molecule has 2 aromatic carbocycles. The molecule has 0 saturated carbocycles. The Kier molecular flexibility index (Phi) is 11.3. The van der Waals surface area contributed by atoms with Crippen LogP contribution >= 0.6 is 0 Å². The number of hydrogen-bond acceptors (Lipinski definition) is 7. The summed E-state index contributed by atoms with van der Waals surface area (Å²) < 4.78 is 39.1. The van der Waals surface area contributed by atoms with Gasteiger partial charge in [-0.3, -0.25) is 14.4 Å². The van der Waals surface area contributed by atoms with Crippen LogP contribution in [0.3, 0.4) is 0 Å². The van der Waals surface area contributed by atoms with Gasteiger partial charge in [0.05, 0.1) is 5.56 Å². The van der Waals surface area contributed by atoms with E-state index < -0.39 is 23.6 Å². The van der Waals surface area contributed by atoms with Crippen molar-refractivity contribution in [1.82, 2.24) is 14.9 Å². The van der Waals surface area contributed by atoms with E-state index in [0.717, 1.165) is 18.2 Å². The summed E-state index contributed by atoms with van der Waals surface area (Å²) in [6, 6.07) is 8.85. The van der Waals surface area contributed by atoms with Crippen LogP contribution in [0.5, 0.6) is 0 Å². The van der Waals surface area contributed by atoms with Gasteiger partial charge in [0.15, 0.2) is 0 Å². The Balaban J connectivity index is 0.00000259. The lowest BCUT2D eigenvalue weighted by Crippen LogP contribution is -2.42. The highest BCUT2D eigenvalue weighted by Gasteiger charge is 2.31. The molecule has 1 aliphatic heterocycles. The molecule has 3 aromatic rings. The monoisotopic (exact) mass is 609 g/mol. The number of rotatable bonds is 7. The quantitative estimate of drug-likeness (QED) is 0.264. The third-order valence-electron chi connectivity index (χ3n) is 6.70. The smallest absolute Gasteiger partial charge is 0.372 e. The van der Waals surface area contributed by atoms with E-state index in [0.29, 0.717) is 43.1 Å². The molecule has 1 aliphatic rings. The van der Waals surface area contributed by atoms with Crippen molar-refractivity contribution in [2.24, 2.45) is 0 Å². The number of nitrogens with one attached hydrogen (secondary N) is 4. The van der Waals surface area contributed by atoms with Crippen molar-refractivity contribution >= 4 is 40.9 Å². The molecule has 0 bridgehead atoms. The number of aryl methyl sites for hydroxylation is 1. The number of likely N-dealkylation sites (tertiary alicyclic amines) is 1. The number of carbonyl (C=O) groups excluding carboxylic acids is 3. The van der Waals surface area contributed by atoms with Gasteiger partial charge in [0.2, 0.25) is 5.95 Å². The van der Waals surface area contributed by atoms with E-state index in [1.807, 2.05) is 13.8 Å². The zero-order valence-corrected chi connectivity index (χ0v) is 24.8. The lowest BCUT2D eigenvalue weighted by atomic mass is 10.1. The minimum Gasteiger partial charge on any atom is -0.372 e.